The number of carbonyl (C=O) groups is 1. The van der Waals surface area contributed by atoms with Gasteiger partial charge in [0.25, 0.3) is 5.56 Å². The van der Waals surface area contributed by atoms with E-state index in [1.807, 2.05) is 73.7 Å². The van der Waals surface area contributed by atoms with Gasteiger partial charge in [0.15, 0.2) is 4.80 Å². The maximum Gasteiger partial charge on any atom is 0.338 e. The smallest absolute Gasteiger partial charge is 0.338 e. The summed E-state index contributed by atoms with van der Waals surface area (Å²) in [6.45, 7) is 4.52. The molecule has 9 heteroatoms. The van der Waals surface area contributed by atoms with Crippen LogP contribution in [0.15, 0.2) is 92.6 Å². The molecule has 1 aliphatic rings. The highest BCUT2D eigenvalue weighted by atomic mass is 79.9. The van der Waals surface area contributed by atoms with E-state index in [9.17, 15) is 9.59 Å². The van der Waals surface area contributed by atoms with Gasteiger partial charge in [-0.2, -0.15) is 0 Å². The summed E-state index contributed by atoms with van der Waals surface area (Å²) >= 11 is 4.78. The summed E-state index contributed by atoms with van der Waals surface area (Å²) < 4.78 is 19.5. The molecule has 0 fully saturated rings. The van der Waals surface area contributed by atoms with Crippen molar-refractivity contribution in [1.82, 2.24) is 4.57 Å². The number of nitrogens with zero attached hydrogens (tertiary/aromatic N) is 2. The van der Waals surface area contributed by atoms with Crippen LogP contribution in [0.3, 0.4) is 0 Å². The second-order valence-electron chi connectivity index (χ2n) is 9.12. The van der Waals surface area contributed by atoms with Gasteiger partial charge in [-0.25, -0.2) is 9.79 Å². The number of thiazole rings is 1. The van der Waals surface area contributed by atoms with Crippen LogP contribution in [0.2, 0.25) is 0 Å². The SMILES string of the molecule is C#CCOc1ccc(/C=c2\sc3n(c2=O)[C@H](c2ccc(OCC)cc2)C(C(=O)OCC)=C(c2ccccc2)N=3)cc1Br. The highest BCUT2D eigenvalue weighted by Gasteiger charge is 2.35. The molecule has 0 amide bonds. The topological polar surface area (TPSA) is 79.1 Å². The van der Waals surface area contributed by atoms with Gasteiger partial charge in [-0.05, 0) is 71.2 Å². The number of benzene rings is 3. The number of fused-ring (bicyclic) bond motifs is 1. The van der Waals surface area contributed by atoms with Gasteiger partial charge in [-0.15, -0.1) is 6.42 Å². The van der Waals surface area contributed by atoms with Crippen LogP contribution < -0.4 is 24.4 Å². The average molecular weight is 644 g/mol. The molecule has 7 nitrogen and oxygen atoms in total. The Kier molecular flexibility index (Phi) is 9.06. The third kappa shape index (κ3) is 5.96. The standard InChI is InChI=1S/C33H27BrN2O5S/c1-4-18-41-26-17-12-21(19-25(26)34)20-27-31(37)36-30(23-13-15-24(16-14-23)39-5-2)28(32(38)40-6-3)29(35-33(36)42-27)22-10-8-7-9-11-22/h1,7-17,19-20,30H,5-6,18H2,2-3H3/b27-20-/t30-/m1/s1. The van der Waals surface area contributed by atoms with Gasteiger partial charge < -0.3 is 14.2 Å². The molecule has 0 spiro atoms. The van der Waals surface area contributed by atoms with Gasteiger partial charge >= 0.3 is 5.97 Å². The van der Waals surface area contributed by atoms with Crippen LogP contribution in [0.4, 0.5) is 0 Å². The molecule has 3 aromatic carbocycles. The fraction of sp³-hybridized carbons (Fsp3) is 0.182. The molecular weight excluding hydrogens is 616 g/mol. The second-order valence-corrected chi connectivity index (χ2v) is 11.0. The van der Waals surface area contributed by atoms with Gasteiger partial charge in [0.1, 0.15) is 18.1 Å². The molecule has 0 radical (unpaired) electrons. The summed E-state index contributed by atoms with van der Waals surface area (Å²) in [6, 6.07) is 21.6. The quantitative estimate of drug-likeness (QED) is 0.187. The van der Waals surface area contributed by atoms with E-state index in [1.165, 1.54) is 11.3 Å². The predicted molar refractivity (Wildman–Crippen MR) is 167 cm³/mol. The highest BCUT2D eigenvalue weighted by Crippen LogP contribution is 2.35. The van der Waals surface area contributed by atoms with Crippen molar-refractivity contribution >= 4 is 45.0 Å². The normalized spacial score (nSPS) is 14.5. The lowest BCUT2D eigenvalue weighted by Gasteiger charge is -2.26. The third-order valence-electron chi connectivity index (χ3n) is 6.45. The Labute approximate surface area is 255 Å². The minimum atomic E-state index is -0.764. The largest absolute Gasteiger partial charge is 0.494 e. The molecule has 1 aliphatic heterocycles. The van der Waals surface area contributed by atoms with Crippen LogP contribution in [0, 0.1) is 12.3 Å². The number of esters is 1. The predicted octanol–water partition coefficient (Wildman–Crippen LogP) is 5.11. The Hall–Kier alpha value is -4.39. The molecule has 0 unspecified atom stereocenters. The van der Waals surface area contributed by atoms with Crippen LogP contribution in [0.25, 0.3) is 11.8 Å². The summed E-state index contributed by atoms with van der Waals surface area (Å²) in [5, 5.41) is 0. The zero-order valence-electron chi connectivity index (χ0n) is 23.0. The molecule has 0 bridgehead atoms. The minimum Gasteiger partial charge on any atom is -0.494 e. The van der Waals surface area contributed by atoms with Crippen molar-refractivity contribution in [2.24, 2.45) is 4.99 Å². The van der Waals surface area contributed by atoms with E-state index in [4.69, 9.17) is 25.6 Å². The summed E-state index contributed by atoms with van der Waals surface area (Å²) in [4.78, 5) is 33.0. The highest BCUT2D eigenvalue weighted by molar-refractivity contribution is 9.10. The van der Waals surface area contributed by atoms with Crippen LogP contribution in [0.1, 0.15) is 36.6 Å². The van der Waals surface area contributed by atoms with Gasteiger partial charge in [0.2, 0.25) is 0 Å². The van der Waals surface area contributed by atoms with Gasteiger partial charge in [0.05, 0.1) is 39.5 Å². The number of terminal acetylenes is 1. The maximum atomic E-state index is 14.1. The van der Waals surface area contributed by atoms with E-state index >= 15 is 0 Å². The Bertz CT molecular complexity index is 1870. The van der Waals surface area contributed by atoms with Crippen LogP contribution in [-0.2, 0) is 9.53 Å². The first-order chi connectivity index (χ1) is 20.4. The molecule has 0 saturated carbocycles. The van der Waals surface area contributed by atoms with E-state index in [2.05, 4.69) is 21.9 Å². The van der Waals surface area contributed by atoms with Gasteiger partial charge in [-0.1, -0.05) is 65.8 Å². The molecular formula is C33H27BrN2O5S. The zero-order chi connectivity index (χ0) is 29.6. The number of hydrogen-bond acceptors (Lipinski definition) is 7. The monoisotopic (exact) mass is 642 g/mol. The van der Waals surface area contributed by atoms with Crippen LogP contribution in [-0.4, -0.2) is 30.4 Å². The number of aromatic nitrogens is 1. The summed E-state index contributed by atoms with van der Waals surface area (Å²) in [6.07, 6.45) is 7.11. The van der Waals surface area contributed by atoms with Crippen molar-refractivity contribution in [3.63, 3.8) is 0 Å². The van der Waals surface area contributed by atoms with Crippen molar-refractivity contribution in [1.29, 1.82) is 0 Å². The molecule has 42 heavy (non-hydrogen) atoms. The number of carbonyl (C=O) groups excluding carboxylic acids is 1. The number of halogens is 1. The summed E-state index contributed by atoms with van der Waals surface area (Å²) in [7, 11) is 0. The third-order valence-corrected chi connectivity index (χ3v) is 8.05. The molecule has 1 aromatic heterocycles. The van der Waals surface area contributed by atoms with Gasteiger partial charge in [0, 0.05) is 5.56 Å². The lowest BCUT2D eigenvalue weighted by molar-refractivity contribution is -0.138. The molecule has 0 saturated heterocycles. The molecule has 212 valence electrons. The van der Waals surface area contributed by atoms with Crippen molar-refractivity contribution in [3.05, 3.63) is 119 Å². The molecule has 1 atom stereocenters. The van der Waals surface area contributed by atoms with Gasteiger partial charge in [-0.3, -0.25) is 9.36 Å². The van der Waals surface area contributed by atoms with E-state index in [-0.39, 0.29) is 18.8 Å². The lowest BCUT2D eigenvalue weighted by Crippen LogP contribution is -2.40. The molecule has 0 N–H and O–H groups in total. The van der Waals surface area contributed by atoms with Crippen molar-refractivity contribution in [2.75, 3.05) is 19.8 Å². The Morgan fingerprint density at radius 1 is 1.07 bits per heavy atom. The Morgan fingerprint density at radius 2 is 1.83 bits per heavy atom. The first-order valence-electron chi connectivity index (χ1n) is 13.3. The van der Waals surface area contributed by atoms with E-state index in [0.717, 1.165) is 16.7 Å². The van der Waals surface area contributed by atoms with Crippen molar-refractivity contribution < 1.29 is 19.0 Å². The summed E-state index contributed by atoms with van der Waals surface area (Å²) in [5.41, 5.74) is 2.76. The number of ether oxygens (including phenoxy) is 3. The maximum absolute atomic E-state index is 14.1. The zero-order valence-corrected chi connectivity index (χ0v) is 25.4. The average Bonchev–Trinajstić information content (AvgIpc) is 3.31. The van der Waals surface area contributed by atoms with E-state index < -0.39 is 12.0 Å². The van der Waals surface area contributed by atoms with Crippen molar-refractivity contribution in [2.45, 2.75) is 19.9 Å². The van der Waals surface area contributed by atoms with Crippen molar-refractivity contribution in [3.8, 4) is 23.8 Å². The Balaban J connectivity index is 1.73. The Morgan fingerprint density at radius 3 is 2.50 bits per heavy atom. The first-order valence-corrected chi connectivity index (χ1v) is 14.9. The van der Waals surface area contributed by atoms with E-state index in [1.54, 1.807) is 23.6 Å². The molecule has 0 aliphatic carbocycles. The number of rotatable bonds is 9. The minimum absolute atomic E-state index is 0.147. The molecule has 5 rings (SSSR count). The fourth-order valence-corrected chi connectivity index (χ4v) is 6.18. The first kappa shape index (κ1) is 29.1. The second kappa shape index (κ2) is 13.1. The lowest BCUT2D eigenvalue weighted by atomic mass is 9.93. The van der Waals surface area contributed by atoms with Crippen LogP contribution >= 0.6 is 27.3 Å². The van der Waals surface area contributed by atoms with Crippen LogP contribution in [0.5, 0.6) is 11.5 Å². The number of hydrogen-bond donors (Lipinski definition) is 0. The van der Waals surface area contributed by atoms with E-state index in [0.29, 0.717) is 43.2 Å². The fourth-order valence-electron chi connectivity index (χ4n) is 4.66. The molecule has 4 aromatic rings. The molecule has 2 heterocycles. The summed E-state index contributed by atoms with van der Waals surface area (Å²) in [5.74, 6) is 3.22.